The number of aromatic nitrogens is 2. The first-order chi connectivity index (χ1) is 14.7. The molecule has 2 aromatic carbocycles. The van der Waals surface area contributed by atoms with Crippen LogP contribution >= 0.6 is 0 Å². The van der Waals surface area contributed by atoms with Crippen molar-refractivity contribution in [1.29, 1.82) is 0 Å². The molecule has 6 heteroatoms. The molecule has 1 aliphatic heterocycles. The number of rotatable bonds is 9. The Morgan fingerprint density at radius 2 is 1.50 bits per heavy atom. The zero-order chi connectivity index (χ0) is 20.6. The Morgan fingerprint density at radius 1 is 0.800 bits per heavy atom. The Balaban J connectivity index is 1.12. The van der Waals surface area contributed by atoms with Gasteiger partial charge in [-0.05, 0) is 23.3 Å². The Hall–Kier alpha value is -2.54. The smallest absolute Gasteiger partial charge is 0.123 e. The molecular weight excluding hydrogens is 377 g/mol. The van der Waals surface area contributed by atoms with E-state index in [1.807, 2.05) is 10.9 Å². The van der Waals surface area contributed by atoms with Crippen molar-refractivity contribution in [2.24, 2.45) is 0 Å². The lowest BCUT2D eigenvalue weighted by molar-refractivity contribution is 0.127. The number of hydrogen-bond donors (Lipinski definition) is 1. The predicted molar refractivity (Wildman–Crippen MR) is 118 cm³/mol. The molecular formula is C24H30FN5. The second-order valence-electron chi connectivity index (χ2n) is 7.95. The fraction of sp³-hybridized carbons (Fsp3) is 0.375. The summed E-state index contributed by atoms with van der Waals surface area (Å²) in [5, 5.41) is 7.94. The van der Waals surface area contributed by atoms with Gasteiger partial charge in [0.2, 0.25) is 0 Å². The highest BCUT2D eigenvalue weighted by molar-refractivity contribution is 5.17. The standard InChI is InChI=1S/C24H30FN5/c25-24-8-6-22(7-9-24)19-30-20-23(17-27-30)16-26-10-11-28-12-14-29(15-13-28)18-21-4-2-1-3-5-21/h1-9,17,20,26H,10-16,18-19H2. The average Bonchev–Trinajstić information content (AvgIpc) is 3.22. The van der Waals surface area contributed by atoms with Crippen molar-refractivity contribution in [3.8, 4) is 0 Å². The molecule has 0 atom stereocenters. The van der Waals surface area contributed by atoms with E-state index in [0.717, 1.165) is 57.9 Å². The molecule has 0 unspecified atom stereocenters. The summed E-state index contributed by atoms with van der Waals surface area (Å²) in [5.41, 5.74) is 3.61. The van der Waals surface area contributed by atoms with Gasteiger partial charge < -0.3 is 5.32 Å². The topological polar surface area (TPSA) is 36.3 Å². The summed E-state index contributed by atoms with van der Waals surface area (Å²) in [6, 6.07) is 17.3. The highest BCUT2D eigenvalue weighted by Crippen LogP contribution is 2.08. The van der Waals surface area contributed by atoms with E-state index in [2.05, 4.69) is 56.7 Å². The van der Waals surface area contributed by atoms with Crippen molar-refractivity contribution in [2.75, 3.05) is 39.3 Å². The van der Waals surface area contributed by atoms with Crippen LogP contribution < -0.4 is 5.32 Å². The maximum absolute atomic E-state index is 13.0. The van der Waals surface area contributed by atoms with Gasteiger partial charge in [0.05, 0.1) is 12.7 Å². The number of piperazine rings is 1. The minimum atomic E-state index is -0.207. The van der Waals surface area contributed by atoms with Crippen molar-refractivity contribution in [2.45, 2.75) is 19.6 Å². The lowest BCUT2D eigenvalue weighted by Gasteiger charge is -2.34. The van der Waals surface area contributed by atoms with Gasteiger partial charge in [-0.15, -0.1) is 0 Å². The first-order valence-corrected chi connectivity index (χ1v) is 10.7. The van der Waals surface area contributed by atoms with E-state index >= 15 is 0 Å². The van der Waals surface area contributed by atoms with E-state index in [0.29, 0.717) is 6.54 Å². The monoisotopic (exact) mass is 407 g/mol. The first-order valence-electron chi connectivity index (χ1n) is 10.7. The van der Waals surface area contributed by atoms with Gasteiger partial charge in [0, 0.05) is 64.1 Å². The van der Waals surface area contributed by atoms with Gasteiger partial charge in [0.25, 0.3) is 0 Å². The second-order valence-corrected chi connectivity index (χ2v) is 7.95. The quantitative estimate of drug-likeness (QED) is 0.554. The zero-order valence-corrected chi connectivity index (χ0v) is 17.4. The van der Waals surface area contributed by atoms with E-state index in [-0.39, 0.29) is 5.82 Å². The summed E-state index contributed by atoms with van der Waals surface area (Å²) in [4.78, 5) is 5.07. The van der Waals surface area contributed by atoms with Crippen LogP contribution in [0.25, 0.3) is 0 Å². The number of halogens is 1. The molecule has 1 aliphatic rings. The van der Waals surface area contributed by atoms with Crippen LogP contribution in [0.5, 0.6) is 0 Å². The second kappa shape index (κ2) is 10.5. The number of nitrogens with one attached hydrogen (secondary N) is 1. The zero-order valence-electron chi connectivity index (χ0n) is 17.4. The van der Waals surface area contributed by atoms with Gasteiger partial charge in [-0.1, -0.05) is 42.5 Å². The SMILES string of the molecule is Fc1ccc(Cn2cc(CNCCN3CCN(Cc4ccccc4)CC3)cn2)cc1. The van der Waals surface area contributed by atoms with Crippen molar-refractivity contribution >= 4 is 0 Å². The van der Waals surface area contributed by atoms with Crippen LogP contribution in [0.4, 0.5) is 4.39 Å². The lowest BCUT2D eigenvalue weighted by atomic mass is 10.2. The molecule has 0 bridgehead atoms. The predicted octanol–water partition coefficient (Wildman–Crippen LogP) is 2.98. The Labute approximate surface area is 178 Å². The van der Waals surface area contributed by atoms with Gasteiger partial charge in [-0.2, -0.15) is 5.10 Å². The summed E-state index contributed by atoms with van der Waals surface area (Å²) < 4.78 is 14.9. The molecule has 0 amide bonds. The lowest BCUT2D eigenvalue weighted by Crippen LogP contribution is -2.47. The summed E-state index contributed by atoms with van der Waals surface area (Å²) in [6.45, 7) is 9.09. The molecule has 5 nitrogen and oxygen atoms in total. The summed E-state index contributed by atoms with van der Waals surface area (Å²) >= 11 is 0. The number of hydrogen-bond acceptors (Lipinski definition) is 4. The maximum Gasteiger partial charge on any atom is 0.123 e. The van der Waals surface area contributed by atoms with Gasteiger partial charge in [0.1, 0.15) is 5.82 Å². The highest BCUT2D eigenvalue weighted by atomic mass is 19.1. The van der Waals surface area contributed by atoms with Gasteiger partial charge in [-0.3, -0.25) is 14.5 Å². The molecule has 1 saturated heterocycles. The first kappa shape index (κ1) is 20.7. The van der Waals surface area contributed by atoms with Crippen LogP contribution in [0.1, 0.15) is 16.7 Å². The third kappa shape index (κ3) is 6.23. The maximum atomic E-state index is 13.0. The molecule has 0 aliphatic carbocycles. The molecule has 1 aromatic heterocycles. The molecule has 158 valence electrons. The highest BCUT2D eigenvalue weighted by Gasteiger charge is 2.16. The third-order valence-corrected chi connectivity index (χ3v) is 5.59. The molecule has 0 radical (unpaired) electrons. The fourth-order valence-corrected chi connectivity index (χ4v) is 3.84. The van der Waals surface area contributed by atoms with Crippen LogP contribution in [0, 0.1) is 5.82 Å². The van der Waals surface area contributed by atoms with E-state index in [1.54, 1.807) is 12.1 Å². The fourth-order valence-electron chi connectivity index (χ4n) is 3.84. The van der Waals surface area contributed by atoms with Crippen molar-refractivity contribution in [3.63, 3.8) is 0 Å². The number of nitrogens with zero attached hydrogens (tertiary/aromatic N) is 4. The molecule has 1 fully saturated rings. The minimum absolute atomic E-state index is 0.207. The van der Waals surface area contributed by atoms with E-state index in [1.165, 1.54) is 23.3 Å². The Morgan fingerprint density at radius 3 is 2.27 bits per heavy atom. The van der Waals surface area contributed by atoms with Crippen LogP contribution in [0.2, 0.25) is 0 Å². The summed E-state index contributed by atoms with van der Waals surface area (Å²) in [6.07, 6.45) is 3.96. The molecule has 0 spiro atoms. The molecule has 3 aromatic rings. The van der Waals surface area contributed by atoms with Crippen LogP contribution in [-0.4, -0.2) is 58.8 Å². The van der Waals surface area contributed by atoms with Crippen LogP contribution in [-0.2, 0) is 19.6 Å². The number of benzene rings is 2. The van der Waals surface area contributed by atoms with E-state index in [4.69, 9.17) is 0 Å². The minimum Gasteiger partial charge on any atom is -0.311 e. The molecule has 2 heterocycles. The van der Waals surface area contributed by atoms with Gasteiger partial charge in [-0.25, -0.2) is 4.39 Å². The van der Waals surface area contributed by atoms with E-state index < -0.39 is 0 Å². The normalized spacial score (nSPS) is 15.5. The Kier molecular flexibility index (Phi) is 7.24. The van der Waals surface area contributed by atoms with E-state index in [9.17, 15) is 4.39 Å². The van der Waals surface area contributed by atoms with Crippen LogP contribution in [0.15, 0.2) is 67.0 Å². The molecule has 0 saturated carbocycles. The molecule has 30 heavy (non-hydrogen) atoms. The van der Waals surface area contributed by atoms with Crippen molar-refractivity contribution < 1.29 is 4.39 Å². The van der Waals surface area contributed by atoms with Crippen molar-refractivity contribution in [3.05, 3.63) is 89.5 Å². The third-order valence-electron chi connectivity index (χ3n) is 5.59. The summed E-state index contributed by atoms with van der Waals surface area (Å²) in [5.74, 6) is -0.207. The average molecular weight is 408 g/mol. The van der Waals surface area contributed by atoms with Crippen molar-refractivity contribution in [1.82, 2.24) is 24.9 Å². The summed E-state index contributed by atoms with van der Waals surface area (Å²) in [7, 11) is 0. The molecule has 4 rings (SSSR count). The Bertz CT molecular complexity index is 885. The molecule has 1 N–H and O–H groups in total. The van der Waals surface area contributed by atoms with Gasteiger partial charge in [0.15, 0.2) is 0 Å². The van der Waals surface area contributed by atoms with Gasteiger partial charge >= 0.3 is 0 Å². The van der Waals surface area contributed by atoms with Crippen LogP contribution in [0.3, 0.4) is 0 Å². The largest absolute Gasteiger partial charge is 0.311 e.